The largest absolute Gasteiger partial charge is 0.374 e. The van der Waals surface area contributed by atoms with Crippen LogP contribution in [0.3, 0.4) is 0 Å². The molecule has 0 saturated carbocycles. The van der Waals surface area contributed by atoms with Gasteiger partial charge in [-0.25, -0.2) is 4.98 Å². The van der Waals surface area contributed by atoms with Gasteiger partial charge < -0.3 is 10.4 Å². The number of hydrogen-bond acceptors (Lipinski definition) is 7. The zero-order chi connectivity index (χ0) is 21.2. The van der Waals surface area contributed by atoms with E-state index in [0.717, 1.165) is 47.5 Å². The molecule has 4 aromatic rings. The SMILES string of the molecule is C[C@@H]1[C@H](Nc2cnc3ccccc3n2)CCCN1C(O)c1ccccc1-n1nccn1. The Labute approximate surface area is 180 Å². The van der Waals surface area contributed by atoms with E-state index in [1.165, 1.54) is 0 Å². The van der Waals surface area contributed by atoms with Gasteiger partial charge in [0.1, 0.15) is 12.0 Å². The summed E-state index contributed by atoms with van der Waals surface area (Å²) in [7, 11) is 0. The molecule has 158 valence electrons. The number of aromatic nitrogens is 5. The van der Waals surface area contributed by atoms with Gasteiger partial charge in [0, 0.05) is 24.2 Å². The third-order valence-corrected chi connectivity index (χ3v) is 5.98. The smallest absolute Gasteiger partial charge is 0.145 e. The van der Waals surface area contributed by atoms with Crippen LogP contribution in [0.1, 0.15) is 31.6 Å². The minimum atomic E-state index is -0.760. The van der Waals surface area contributed by atoms with Crippen molar-refractivity contribution in [2.45, 2.75) is 38.1 Å². The lowest BCUT2D eigenvalue weighted by molar-refractivity contribution is -0.0416. The number of fused-ring (bicyclic) bond motifs is 1. The molecule has 31 heavy (non-hydrogen) atoms. The van der Waals surface area contributed by atoms with Crippen LogP contribution in [0.25, 0.3) is 16.7 Å². The maximum atomic E-state index is 11.3. The normalized spacial score (nSPS) is 20.6. The van der Waals surface area contributed by atoms with Crippen molar-refractivity contribution in [3.05, 3.63) is 72.7 Å². The predicted molar refractivity (Wildman–Crippen MR) is 119 cm³/mol. The first-order valence-corrected chi connectivity index (χ1v) is 10.6. The average molecular weight is 416 g/mol. The lowest BCUT2D eigenvalue weighted by atomic mass is 9.95. The highest BCUT2D eigenvalue weighted by molar-refractivity contribution is 5.75. The summed E-state index contributed by atoms with van der Waals surface area (Å²) in [5.41, 5.74) is 3.32. The Kier molecular flexibility index (Phi) is 5.31. The van der Waals surface area contributed by atoms with Crippen LogP contribution >= 0.6 is 0 Å². The topological polar surface area (TPSA) is 92.0 Å². The quantitative estimate of drug-likeness (QED) is 0.517. The summed E-state index contributed by atoms with van der Waals surface area (Å²) in [6, 6.07) is 15.8. The van der Waals surface area contributed by atoms with Gasteiger partial charge >= 0.3 is 0 Å². The summed E-state index contributed by atoms with van der Waals surface area (Å²) in [5.74, 6) is 0.757. The van der Waals surface area contributed by atoms with Crippen LogP contribution in [0, 0.1) is 0 Å². The zero-order valence-corrected chi connectivity index (χ0v) is 17.3. The highest BCUT2D eigenvalue weighted by atomic mass is 16.3. The third-order valence-electron chi connectivity index (χ3n) is 5.98. The standard InChI is InChI=1S/C23H25N7O/c1-16-18(27-22-15-24-19-8-3-4-9-20(19)28-22)10-6-14-29(16)23(31)17-7-2-5-11-21(17)30-25-12-13-26-30/h2-5,7-9,11-13,15-16,18,23,31H,6,10,14H2,1H3,(H,27,28)/t16-,18-,23?/m1/s1. The van der Waals surface area contributed by atoms with Crippen LogP contribution in [0.4, 0.5) is 5.82 Å². The molecule has 0 radical (unpaired) electrons. The van der Waals surface area contributed by atoms with E-state index in [-0.39, 0.29) is 12.1 Å². The first kappa shape index (κ1) is 19.6. The molecule has 1 aliphatic heterocycles. The molecule has 1 aliphatic rings. The summed E-state index contributed by atoms with van der Waals surface area (Å²) in [4.78, 5) is 12.9. The molecule has 0 amide bonds. The van der Waals surface area contributed by atoms with Crippen molar-refractivity contribution in [2.75, 3.05) is 11.9 Å². The van der Waals surface area contributed by atoms with E-state index < -0.39 is 6.23 Å². The lowest BCUT2D eigenvalue weighted by Gasteiger charge is -2.42. The lowest BCUT2D eigenvalue weighted by Crippen LogP contribution is -2.51. The maximum Gasteiger partial charge on any atom is 0.145 e. The zero-order valence-electron chi connectivity index (χ0n) is 17.3. The fourth-order valence-electron chi connectivity index (χ4n) is 4.33. The number of hydrogen-bond donors (Lipinski definition) is 2. The maximum absolute atomic E-state index is 11.3. The summed E-state index contributed by atoms with van der Waals surface area (Å²) in [6.45, 7) is 2.95. The van der Waals surface area contributed by atoms with Crippen LogP contribution in [0.15, 0.2) is 67.1 Å². The molecule has 8 nitrogen and oxygen atoms in total. The first-order chi connectivity index (χ1) is 15.2. The molecule has 1 fully saturated rings. The number of anilines is 1. The summed E-state index contributed by atoms with van der Waals surface area (Å²) >= 11 is 0. The van der Waals surface area contributed by atoms with Crippen molar-refractivity contribution >= 4 is 16.9 Å². The monoisotopic (exact) mass is 415 g/mol. The second kappa shape index (κ2) is 8.41. The predicted octanol–water partition coefficient (Wildman–Crippen LogP) is 3.17. The Morgan fingerprint density at radius 3 is 2.61 bits per heavy atom. The van der Waals surface area contributed by atoms with Crippen molar-refractivity contribution in [1.29, 1.82) is 0 Å². The molecule has 3 atom stereocenters. The van der Waals surface area contributed by atoms with E-state index in [1.54, 1.807) is 23.4 Å². The fraction of sp³-hybridized carbons (Fsp3) is 0.304. The number of piperidine rings is 1. The second-order valence-electron chi connectivity index (χ2n) is 7.87. The molecule has 1 unspecified atom stereocenters. The van der Waals surface area contributed by atoms with Gasteiger partial charge in [-0.05, 0) is 38.0 Å². The van der Waals surface area contributed by atoms with Gasteiger partial charge in [0.15, 0.2) is 0 Å². The van der Waals surface area contributed by atoms with Gasteiger partial charge in [0.25, 0.3) is 0 Å². The molecule has 2 N–H and O–H groups in total. The molecular formula is C23H25N7O. The number of aliphatic hydroxyl groups excluding tert-OH is 1. The molecule has 5 rings (SSSR count). The highest BCUT2D eigenvalue weighted by Gasteiger charge is 2.33. The van der Waals surface area contributed by atoms with E-state index in [2.05, 4.69) is 32.3 Å². The number of nitrogens with one attached hydrogen (secondary N) is 1. The third kappa shape index (κ3) is 3.87. The van der Waals surface area contributed by atoms with E-state index in [4.69, 9.17) is 4.98 Å². The van der Waals surface area contributed by atoms with E-state index >= 15 is 0 Å². The van der Waals surface area contributed by atoms with Gasteiger partial charge in [0.2, 0.25) is 0 Å². The Hall–Kier alpha value is -3.36. The van der Waals surface area contributed by atoms with Crippen molar-refractivity contribution in [2.24, 2.45) is 0 Å². The van der Waals surface area contributed by atoms with Crippen molar-refractivity contribution in [3.8, 4) is 5.69 Å². The van der Waals surface area contributed by atoms with E-state index in [9.17, 15) is 5.11 Å². The van der Waals surface area contributed by atoms with Crippen LogP contribution in [0.5, 0.6) is 0 Å². The van der Waals surface area contributed by atoms with Gasteiger partial charge in [-0.15, -0.1) is 0 Å². The molecular weight excluding hydrogens is 390 g/mol. The van der Waals surface area contributed by atoms with E-state index in [1.807, 2.05) is 48.5 Å². The van der Waals surface area contributed by atoms with Crippen molar-refractivity contribution < 1.29 is 5.11 Å². The molecule has 3 heterocycles. The Morgan fingerprint density at radius 2 is 1.77 bits per heavy atom. The summed E-state index contributed by atoms with van der Waals surface area (Å²) in [6.07, 6.45) is 6.27. The van der Waals surface area contributed by atoms with Crippen molar-refractivity contribution in [3.63, 3.8) is 0 Å². The molecule has 8 heteroatoms. The second-order valence-corrected chi connectivity index (χ2v) is 7.87. The van der Waals surface area contributed by atoms with Crippen LogP contribution in [-0.4, -0.2) is 53.6 Å². The van der Waals surface area contributed by atoms with Crippen LogP contribution < -0.4 is 5.32 Å². The Bertz CT molecular complexity index is 1160. The number of benzene rings is 2. The number of rotatable bonds is 5. The van der Waals surface area contributed by atoms with E-state index in [0.29, 0.717) is 0 Å². The minimum Gasteiger partial charge on any atom is -0.374 e. The number of nitrogens with zero attached hydrogens (tertiary/aromatic N) is 6. The average Bonchev–Trinajstić information content (AvgIpc) is 3.35. The summed E-state index contributed by atoms with van der Waals surface area (Å²) < 4.78 is 0. The molecule has 0 bridgehead atoms. The van der Waals surface area contributed by atoms with Crippen molar-refractivity contribution in [1.82, 2.24) is 29.9 Å². The first-order valence-electron chi connectivity index (χ1n) is 10.6. The molecule has 0 spiro atoms. The Balaban J connectivity index is 1.37. The molecule has 0 aliphatic carbocycles. The van der Waals surface area contributed by atoms with Crippen LogP contribution in [0.2, 0.25) is 0 Å². The Morgan fingerprint density at radius 1 is 1.03 bits per heavy atom. The molecule has 2 aromatic heterocycles. The van der Waals surface area contributed by atoms with Crippen LogP contribution in [-0.2, 0) is 0 Å². The van der Waals surface area contributed by atoms with Gasteiger partial charge in [-0.2, -0.15) is 15.0 Å². The number of likely N-dealkylation sites (tertiary alicyclic amines) is 1. The van der Waals surface area contributed by atoms with Gasteiger partial charge in [0.05, 0.1) is 35.3 Å². The fourth-order valence-corrected chi connectivity index (χ4v) is 4.33. The number of aliphatic hydroxyl groups is 1. The van der Waals surface area contributed by atoms with Gasteiger partial charge in [-0.1, -0.05) is 30.3 Å². The molecule has 1 saturated heterocycles. The summed E-state index contributed by atoms with van der Waals surface area (Å²) in [5, 5.41) is 23.3. The number of para-hydroxylation sites is 3. The molecule has 2 aromatic carbocycles. The minimum absolute atomic E-state index is 0.0932. The van der Waals surface area contributed by atoms with Gasteiger partial charge in [-0.3, -0.25) is 9.88 Å². The highest BCUT2D eigenvalue weighted by Crippen LogP contribution is 2.31.